The van der Waals surface area contributed by atoms with E-state index < -0.39 is 11.7 Å². The van der Waals surface area contributed by atoms with E-state index >= 15 is 0 Å². The fourth-order valence-corrected chi connectivity index (χ4v) is 3.23. The van der Waals surface area contributed by atoms with Gasteiger partial charge in [0.1, 0.15) is 11.3 Å². The maximum absolute atomic E-state index is 12.5. The molecule has 1 saturated heterocycles. The second-order valence-electron chi connectivity index (χ2n) is 6.17. The average Bonchev–Trinajstić information content (AvgIpc) is 2.56. The molecule has 1 fully saturated rings. The van der Waals surface area contributed by atoms with Gasteiger partial charge in [-0.05, 0) is 44.7 Å². The van der Waals surface area contributed by atoms with Crippen molar-refractivity contribution in [1.29, 1.82) is 0 Å². The van der Waals surface area contributed by atoms with Gasteiger partial charge in [-0.25, -0.2) is 4.79 Å². The van der Waals surface area contributed by atoms with E-state index in [9.17, 15) is 9.59 Å². The minimum absolute atomic E-state index is 0.0449. The maximum Gasteiger partial charge on any atom is 0.336 e. The fourth-order valence-electron chi connectivity index (χ4n) is 3.02. The Hall–Kier alpha value is -2.01. The summed E-state index contributed by atoms with van der Waals surface area (Å²) in [6.07, 6.45) is 2.57. The van der Waals surface area contributed by atoms with Gasteiger partial charge in [-0.3, -0.25) is 4.79 Å². The number of hydrogen-bond acceptors (Lipinski definition) is 4. The Labute approximate surface area is 145 Å². The van der Waals surface area contributed by atoms with Gasteiger partial charge in [-0.15, -0.1) is 0 Å². The van der Waals surface area contributed by atoms with Crippen LogP contribution in [0.4, 0.5) is 0 Å². The number of halogens is 1. The number of carbonyl (C=O) groups is 1. The third kappa shape index (κ3) is 3.41. The number of piperidine rings is 1. The first kappa shape index (κ1) is 16.8. The molecule has 1 aromatic carbocycles. The Morgan fingerprint density at radius 2 is 1.96 bits per heavy atom. The number of benzene rings is 1. The van der Waals surface area contributed by atoms with E-state index in [1.54, 1.807) is 19.1 Å². The summed E-state index contributed by atoms with van der Waals surface area (Å²) in [6.45, 7) is 5.07. The van der Waals surface area contributed by atoms with Crippen molar-refractivity contribution >= 4 is 28.5 Å². The molecule has 128 valence electrons. The van der Waals surface area contributed by atoms with Gasteiger partial charge in [0.15, 0.2) is 6.10 Å². The molecule has 1 atom stereocenters. The van der Waals surface area contributed by atoms with E-state index in [1.807, 2.05) is 11.8 Å². The normalized spacial score (nSPS) is 16.2. The third-order valence-electron chi connectivity index (χ3n) is 4.32. The lowest BCUT2D eigenvalue weighted by molar-refractivity contribution is -0.138. The number of rotatable bonds is 3. The summed E-state index contributed by atoms with van der Waals surface area (Å²) >= 11 is 6.28. The molecular formula is C18H20ClNO4. The maximum atomic E-state index is 12.5. The fraction of sp³-hybridized carbons (Fsp3) is 0.444. The molecule has 1 aromatic heterocycles. The van der Waals surface area contributed by atoms with E-state index in [1.165, 1.54) is 6.07 Å². The lowest BCUT2D eigenvalue weighted by Crippen LogP contribution is -2.43. The van der Waals surface area contributed by atoms with E-state index in [0.717, 1.165) is 43.3 Å². The summed E-state index contributed by atoms with van der Waals surface area (Å²) < 4.78 is 11.0. The van der Waals surface area contributed by atoms with E-state index in [0.29, 0.717) is 16.4 Å². The molecule has 0 bridgehead atoms. The summed E-state index contributed by atoms with van der Waals surface area (Å²) in [5.74, 6) is 0.298. The first-order chi connectivity index (χ1) is 11.5. The number of hydrogen-bond donors (Lipinski definition) is 0. The molecule has 1 aliphatic heterocycles. The van der Waals surface area contributed by atoms with E-state index in [-0.39, 0.29) is 5.91 Å². The van der Waals surface area contributed by atoms with E-state index in [4.69, 9.17) is 20.8 Å². The van der Waals surface area contributed by atoms with Crippen LogP contribution in [0, 0.1) is 6.92 Å². The Morgan fingerprint density at radius 1 is 1.25 bits per heavy atom. The van der Waals surface area contributed by atoms with Crippen molar-refractivity contribution in [3.05, 3.63) is 39.2 Å². The molecule has 2 heterocycles. The molecule has 1 aliphatic rings. The van der Waals surface area contributed by atoms with Crippen LogP contribution in [0.1, 0.15) is 31.7 Å². The predicted molar refractivity (Wildman–Crippen MR) is 92.8 cm³/mol. The van der Waals surface area contributed by atoms with Crippen molar-refractivity contribution in [3.63, 3.8) is 0 Å². The smallest absolute Gasteiger partial charge is 0.336 e. The zero-order valence-corrected chi connectivity index (χ0v) is 14.6. The number of nitrogens with zero attached hydrogens (tertiary/aromatic N) is 1. The first-order valence-corrected chi connectivity index (χ1v) is 8.53. The van der Waals surface area contributed by atoms with Crippen LogP contribution in [0.5, 0.6) is 5.75 Å². The minimum atomic E-state index is -0.644. The third-order valence-corrected chi connectivity index (χ3v) is 4.62. The Kier molecular flexibility index (Phi) is 4.81. The van der Waals surface area contributed by atoms with Gasteiger partial charge in [-0.1, -0.05) is 11.6 Å². The van der Waals surface area contributed by atoms with Gasteiger partial charge in [-0.2, -0.15) is 0 Å². The summed E-state index contributed by atoms with van der Waals surface area (Å²) in [5.41, 5.74) is 0.759. The SMILES string of the molecule is Cc1cc(=O)oc2cc(OC(C)C(=O)N3CCCCC3)c(Cl)cc12. The summed E-state index contributed by atoms with van der Waals surface area (Å²) in [6, 6.07) is 4.69. The highest BCUT2D eigenvalue weighted by molar-refractivity contribution is 6.32. The summed E-state index contributed by atoms with van der Waals surface area (Å²) in [7, 11) is 0. The van der Waals surface area contributed by atoms with Gasteiger partial charge >= 0.3 is 5.63 Å². The number of carbonyl (C=O) groups excluding carboxylic acids is 1. The van der Waals surface area contributed by atoms with Crippen LogP contribution in [-0.2, 0) is 4.79 Å². The molecule has 1 unspecified atom stereocenters. The Balaban J connectivity index is 1.85. The van der Waals surface area contributed by atoms with E-state index in [2.05, 4.69) is 0 Å². The highest BCUT2D eigenvalue weighted by Gasteiger charge is 2.24. The monoisotopic (exact) mass is 349 g/mol. The first-order valence-electron chi connectivity index (χ1n) is 8.15. The molecule has 0 N–H and O–H groups in total. The second kappa shape index (κ2) is 6.85. The number of amides is 1. The molecule has 1 amide bonds. The molecule has 0 saturated carbocycles. The van der Waals surface area contributed by atoms with Crippen LogP contribution in [0.3, 0.4) is 0 Å². The topological polar surface area (TPSA) is 59.8 Å². The second-order valence-corrected chi connectivity index (χ2v) is 6.58. The minimum Gasteiger partial charge on any atom is -0.479 e. The number of fused-ring (bicyclic) bond motifs is 1. The molecule has 0 aliphatic carbocycles. The van der Waals surface area contributed by atoms with Gasteiger partial charge in [0.25, 0.3) is 5.91 Å². The highest BCUT2D eigenvalue weighted by atomic mass is 35.5. The number of ether oxygens (including phenoxy) is 1. The number of likely N-dealkylation sites (tertiary alicyclic amines) is 1. The number of aryl methyl sites for hydroxylation is 1. The van der Waals surface area contributed by atoms with Gasteiger partial charge < -0.3 is 14.1 Å². The van der Waals surface area contributed by atoms with Crippen molar-refractivity contribution in [2.75, 3.05) is 13.1 Å². The predicted octanol–water partition coefficient (Wildman–Crippen LogP) is 3.53. The molecule has 2 aromatic rings. The molecule has 0 radical (unpaired) electrons. The van der Waals surface area contributed by atoms with Crippen molar-refractivity contribution in [2.45, 2.75) is 39.2 Å². The van der Waals surface area contributed by atoms with Gasteiger partial charge in [0.2, 0.25) is 0 Å². The quantitative estimate of drug-likeness (QED) is 0.795. The molecule has 6 heteroatoms. The lowest BCUT2D eigenvalue weighted by Gasteiger charge is -2.29. The van der Waals surface area contributed by atoms with Crippen LogP contribution < -0.4 is 10.4 Å². The molecular weight excluding hydrogens is 330 g/mol. The molecule has 5 nitrogen and oxygen atoms in total. The van der Waals surface area contributed by atoms with Gasteiger partial charge in [0, 0.05) is 30.6 Å². The van der Waals surface area contributed by atoms with Crippen molar-refractivity contribution in [3.8, 4) is 5.75 Å². The largest absolute Gasteiger partial charge is 0.479 e. The standard InChI is InChI=1S/C18H20ClNO4/c1-11-8-17(21)24-15-10-16(14(19)9-13(11)15)23-12(2)18(22)20-6-4-3-5-7-20/h8-10,12H,3-7H2,1-2H3. The van der Waals surface area contributed by atoms with Crippen molar-refractivity contribution in [1.82, 2.24) is 4.90 Å². The van der Waals surface area contributed by atoms with Crippen LogP contribution >= 0.6 is 11.6 Å². The Morgan fingerprint density at radius 3 is 2.67 bits per heavy atom. The average molecular weight is 350 g/mol. The summed E-state index contributed by atoms with van der Waals surface area (Å²) in [5, 5.41) is 1.14. The molecule has 0 spiro atoms. The van der Waals surface area contributed by atoms with Crippen LogP contribution in [0.2, 0.25) is 5.02 Å². The lowest BCUT2D eigenvalue weighted by atomic mass is 10.1. The highest BCUT2D eigenvalue weighted by Crippen LogP contribution is 2.32. The Bertz CT molecular complexity index is 824. The van der Waals surface area contributed by atoms with Crippen LogP contribution in [-0.4, -0.2) is 30.0 Å². The molecule has 24 heavy (non-hydrogen) atoms. The zero-order chi connectivity index (χ0) is 17.3. The van der Waals surface area contributed by atoms with Crippen molar-refractivity contribution in [2.24, 2.45) is 0 Å². The van der Waals surface area contributed by atoms with Gasteiger partial charge in [0.05, 0.1) is 5.02 Å². The summed E-state index contributed by atoms with van der Waals surface area (Å²) in [4.78, 5) is 25.8. The van der Waals surface area contributed by atoms with Crippen LogP contribution in [0.15, 0.2) is 27.4 Å². The van der Waals surface area contributed by atoms with Crippen molar-refractivity contribution < 1.29 is 13.9 Å². The zero-order valence-electron chi connectivity index (χ0n) is 13.8. The van der Waals surface area contributed by atoms with Crippen LogP contribution in [0.25, 0.3) is 11.0 Å². The molecule has 3 rings (SSSR count).